The topological polar surface area (TPSA) is 85.2 Å². The first kappa shape index (κ1) is 18.7. The van der Waals surface area contributed by atoms with E-state index >= 15 is 0 Å². The fourth-order valence-electron chi connectivity index (χ4n) is 2.79. The summed E-state index contributed by atoms with van der Waals surface area (Å²) in [5, 5.41) is 6.20. The summed E-state index contributed by atoms with van der Waals surface area (Å²) in [5.41, 5.74) is 1.91. The molecule has 0 aliphatic carbocycles. The minimum absolute atomic E-state index is 0.134. The summed E-state index contributed by atoms with van der Waals surface area (Å²) in [6.45, 7) is -0.134. The molecule has 146 valence electrons. The second-order valence-electron chi connectivity index (χ2n) is 6.23. The van der Waals surface area contributed by atoms with Crippen LogP contribution in [0.3, 0.4) is 0 Å². The van der Waals surface area contributed by atoms with E-state index in [4.69, 9.17) is 4.74 Å². The Balaban J connectivity index is 1.40. The molecule has 0 fully saturated rings. The maximum Gasteiger partial charge on any atom is 0.251 e. The zero-order valence-electron chi connectivity index (χ0n) is 15.6. The molecule has 4 aromatic rings. The Bertz CT molecular complexity index is 1170. The molecule has 0 bridgehead atoms. The summed E-state index contributed by atoms with van der Waals surface area (Å²) in [6.07, 6.45) is 3.85. The lowest BCUT2D eigenvalue weighted by Crippen LogP contribution is -2.32. The number of fused-ring (bicyclic) bond motifs is 1. The van der Waals surface area contributed by atoms with Crippen molar-refractivity contribution in [3.63, 3.8) is 0 Å². The fraction of sp³-hybridized carbons (Fsp3) is 0.0952. The van der Waals surface area contributed by atoms with Crippen molar-refractivity contribution in [2.24, 2.45) is 0 Å². The maximum atomic E-state index is 12.4. The van der Waals surface area contributed by atoms with Gasteiger partial charge in [0.25, 0.3) is 5.91 Å². The number of benzene rings is 2. The Morgan fingerprint density at radius 1 is 1.10 bits per heavy atom. The summed E-state index contributed by atoms with van der Waals surface area (Å²) >= 11 is 1.50. The minimum Gasteiger partial charge on any atom is -0.497 e. The van der Waals surface area contributed by atoms with Crippen LogP contribution < -0.4 is 15.4 Å². The number of carbonyl (C=O) groups excluding carboxylic acids is 2. The van der Waals surface area contributed by atoms with Crippen LogP contribution in [-0.2, 0) is 4.79 Å². The largest absolute Gasteiger partial charge is 0.497 e. The second kappa shape index (κ2) is 8.15. The zero-order chi connectivity index (χ0) is 20.2. The van der Waals surface area contributed by atoms with Crippen molar-refractivity contribution in [3.8, 4) is 10.9 Å². The Kier molecular flexibility index (Phi) is 5.26. The van der Waals surface area contributed by atoms with E-state index in [0.717, 1.165) is 15.3 Å². The smallest absolute Gasteiger partial charge is 0.251 e. The van der Waals surface area contributed by atoms with E-state index in [9.17, 15) is 9.59 Å². The number of thiazole rings is 1. The monoisotopic (exact) mass is 406 g/mol. The van der Waals surface area contributed by atoms with Crippen LogP contribution in [0.2, 0.25) is 0 Å². The van der Waals surface area contributed by atoms with Crippen molar-refractivity contribution in [1.82, 2.24) is 14.9 Å². The molecular weight excluding hydrogens is 388 g/mol. The Labute approximate surface area is 171 Å². The van der Waals surface area contributed by atoms with Gasteiger partial charge in [0.05, 0.1) is 23.9 Å². The molecule has 0 aliphatic rings. The number of nitrogens with one attached hydrogen (secondary N) is 2. The summed E-state index contributed by atoms with van der Waals surface area (Å²) in [6, 6.07) is 16.2. The van der Waals surface area contributed by atoms with E-state index in [-0.39, 0.29) is 18.4 Å². The number of hydrogen-bond donors (Lipinski definition) is 2. The third kappa shape index (κ3) is 4.27. The van der Waals surface area contributed by atoms with E-state index < -0.39 is 0 Å². The first-order valence-electron chi connectivity index (χ1n) is 8.88. The predicted octanol–water partition coefficient (Wildman–Crippen LogP) is 3.46. The molecule has 2 aromatic carbocycles. The van der Waals surface area contributed by atoms with Gasteiger partial charge in [0, 0.05) is 29.7 Å². The quantitative estimate of drug-likeness (QED) is 0.514. The van der Waals surface area contributed by atoms with Crippen LogP contribution in [0.15, 0.2) is 67.0 Å². The van der Waals surface area contributed by atoms with Gasteiger partial charge in [-0.1, -0.05) is 17.4 Å². The molecule has 7 nitrogen and oxygen atoms in total. The molecule has 0 unspecified atom stereocenters. The minimum atomic E-state index is -0.319. The second-order valence-corrected chi connectivity index (χ2v) is 7.24. The third-order valence-corrected chi connectivity index (χ3v) is 5.26. The van der Waals surface area contributed by atoms with Gasteiger partial charge in [-0.05, 0) is 42.5 Å². The lowest BCUT2D eigenvalue weighted by molar-refractivity contribution is -0.115. The lowest BCUT2D eigenvalue weighted by atomic mass is 10.2. The number of amides is 2. The molecule has 2 aromatic heterocycles. The van der Waals surface area contributed by atoms with Crippen molar-refractivity contribution >= 4 is 39.1 Å². The molecule has 4 rings (SSSR count). The van der Waals surface area contributed by atoms with Crippen molar-refractivity contribution in [1.29, 1.82) is 0 Å². The van der Waals surface area contributed by atoms with Crippen LogP contribution in [-0.4, -0.2) is 35.0 Å². The normalized spacial score (nSPS) is 10.7. The molecule has 0 atom stereocenters. The number of carbonyl (C=O) groups is 2. The molecule has 0 saturated heterocycles. The third-order valence-electron chi connectivity index (χ3n) is 4.23. The fourth-order valence-corrected chi connectivity index (χ4v) is 3.77. The van der Waals surface area contributed by atoms with Gasteiger partial charge in [-0.3, -0.25) is 9.59 Å². The van der Waals surface area contributed by atoms with Gasteiger partial charge in [-0.25, -0.2) is 4.98 Å². The number of nitrogens with zero attached hydrogens (tertiary/aromatic N) is 2. The van der Waals surface area contributed by atoms with E-state index in [1.807, 2.05) is 35.2 Å². The standard InChI is InChI=1S/C21H18N4O3S/c1-28-16-6-4-5-15(12-16)23-19(26)13-22-20(27)14-7-8-17-18(11-14)29-21(24-17)25-9-2-3-10-25/h2-12H,13H2,1H3,(H,22,27)(H,23,26). The number of ether oxygens (including phenoxy) is 1. The van der Waals surface area contributed by atoms with Crippen LogP contribution in [0, 0.1) is 0 Å². The van der Waals surface area contributed by atoms with Gasteiger partial charge in [-0.15, -0.1) is 0 Å². The predicted molar refractivity (Wildman–Crippen MR) is 113 cm³/mol. The van der Waals surface area contributed by atoms with Crippen LogP contribution in [0.25, 0.3) is 15.3 Å². The molecular formula is C21H18N4O3S. The van der Waals surface area contributed by atoms with Crippen molar-refractivity contribution < 1.29 is 14.3 Å². The van der Waals surface area contributed by atoms with Crippen molar-refractivity contribution in [2.45, 2.75) is 0 Å². The lowest BCUT2D eigenvalue weighted by Gasteiger charge is -2.08. The van der Waals surface area contributed by atoms with Gasteiger partial charge in [-0.2, -0.15) is 0 Å². The number of aromatic nitrogens is 2. The van der Waals surface area contributed by atoms with Crippen LogP contribution in [0.1, 0.15) is 10.4 Å². The van der Waals surface area contributed by atoms with Crippen LogP contribution in [0.4, 0.5) is 5.69 Å². The molecule has 2 N–H and O–H groups in total. The van der Waals surface area contributed by atoms with Crippen LogP contribution >= 0.6 is 11.3 Å². The molecule has 0 saturated carbocycles. The first-order valence-corrected chi connectivity index (χ1v) is 9.70. The van der Waals surface area contributed by atoms with E-state index in [0.29, 0.717) is 17.0 Å². The maximum absolute atomic E-state index is 12.4. The molecule has 29 heavy (non-hydrogen) atoms. The average molecular weight is 406 g/mol. The SMILES string of the molecule is COc1cccc(NC(=O)CNC(=O)c2ccc3nc(-n4cccc4)sc3c2)c1. The summed E-state index contributed by atoms with van der Waals surface area (Å²) in [4.78, 5) is 29.1. The van der Waals surface area contributed by atoms with E-state index in [1.165, 1.54) is 11.3 Å². The van der Waals surface area contributed by atoms with E-state index in [1.54, 1.807) is 43.5 Å². The molecule has 8 heteroatoms. The van der Waals surface area contributed by atoms with E-state index in [2.05, 4.69) is 15.6 Å². The Hall–Kier alpha value is -3.65. The number of anilines is 1. The Morgan fingerprint density at radius 3 is 2.72 bits per heavy atom. The molecule has 0 spiro atoms. The molecule has 0 radical (unpaired) electrons. The van der Waals surface area contributed by atoms with Crippen molar-refractivity contribution in [2.75, 3.05) is 19.0 Å². The number of methoxy groups -OCH3 is 1. The number of rotatable bonds is 6. The molecule has 2 amide bonds. The average Bonchev–Trinajstić information content (AvgIpc) is 3.41. The highest BCUT2D eigenvalue weighted by Crippen LogP contribution is 2.26. The zero-order valence-corrected chi connectivity index (χ0v) is 16.4. The summed E-state index contributed by atoms with van der Waals surface area (Å²) in [7, 11) is 1.56. The molecule has 0 aliphatic heterocycles. The molecule has 2 heterocycles. The highest BCUT2D eigenvalue weighted by molar-refractivity contribution is 7.20. The van der Waals surface area contributed by atoms with Crippen molar-refractivity contribution in [3.05, 3.63) is 72.6 Å². The van der Waals surface area contributed by atoms with Crippen LogP contribution in [0.5, 0.6) is 5.75 Å². The summed E-state index contributed by atoms with van der Waals surface area (Å²) < 4.78 is 7.95. The highest BCUT2D eigenvalue weighted by Gasteiger charge is 2.12. The number of hydrogen-bond acceptors (Lipinski definition) is 5. The Morgan fingerprint density at radius 2 is 1.93 bits per heavy atom. The van der Waals surface area contributed by atoms with Gasteiger partial charge in [0.2, 0.25) is 5.91 Å². The van der Waals surface area contributed by atoms with Gasteiger partial charge in [0.1, 0.15) is 5.75 Å². The van der Waals surface area contributed by atoms with Gasteiger partial charge in [0.15, 0.2) is 5.13 Å². The summed E-state index contributed by atoms with van der Waals surface area (Å²) in [5.74, 6) is 0.00736. The first-order chi connectivity index (χ1) is 14.1. The van der Waals surface area contributed by atoms with Gasteiger partial charge >= 0.3 is 0 Å². The highest BCUT2D eigenvalue weighted by atomic mass is 32.1. The van der Waals surface area contributed by atoms with Gasteiger partial charge < -0.3 is 19.9 Å².